The standard InChI is InChI=1S/C41H26N2O/c1-2-8-27(9-3-1)31-22-23-42-37(26-31)28-14-18-32(19-15-28)43-38-12-6-4-10-33(38)35-24-29(16-20-39(35)43)30-17-21-41-36(25-30)34-11-5-7-13-40(34)44-41/h1-26H. The minimum Gasteiger partial charge on any atom is -0.456 e. The minimum absolute atomic E-state index is 0.915. The molecule has 206 valence electrons. The lowest BCUT2D eigenvalue weighted by molar-refractivity contribution is 0.669. The molecule has 9 rings (SSSR count). The number of rotatable bonds is 4. The summed E-state index contributed by atoms with van der Waals surface area (Å²) in [5.41, 5.74) is 12.1. The van der Waals surface area contributed by atoms with E-state index in [0.29, 0.717) is 0 Å². The fourth-order valence-electron chi connectivity index (χ4n) is 6.52. The number of benzene rings is 6. The molecule has 9 aromatic rings. The number of pyridine rings is 1. The normalized spacial score (nSPS) is 11.6. The third-order valence-electron chi connectivity index (χ3n) is 8.67. The van der Waals surface area contributed by atoms with Crippen molar-refractivity contribution in [2.45, 2.75) is 0 Å². The number of aromatic nitrogens is 2. The van der Waals surface area contributed by atoms with Crippen LogP contribution in [-0.4, -0.2) is 9.55 Å². The van der Waals surface area contributed by atoms with E-state index >= 15 is 0 Å². The van der Waals surface area contributed by atoms with Gasteiger partial charge in [-0.05, 0) is 82.9 Å². The van der Waals surface area contributed by atoms with Crippen LogP contribution >= 0.6 is 0 Å². The molecule has 3 nitrogen and oxygen atoms in total. The molecule has 0 fully saturated rings. The molecule has 6 aromatic carbocycles. The third kappa shape index (κ3) is 3.94. The van der Waals surface area contributed by atoms with Crippen molar-refractivity contribution in [3.63, 3.8) is 0 Å². The number of hydrogen-bond acceptors (Lipinski definition) is 2. The molecule has 0 radical (unpaired) electrons. The molecule has 0 N–H and O–H groups in total. The van der Waals surface area contributed by atoms with E-state index in [0.717, 1.165) is 44.4 Å². The van der Waals surface area contributed by atoms with Crippen LogP contribution in [0.15, 0.2) is 162 Å². The second-order valence-electron chi connectivity index (χ2n) is 11.2. The fraction of sp³-hybridized carbons (Fsp3) is 0. The highest BCUT2D eigenvalue weighted by Gasteiger charge is 2.15. The summed E-state index contributed by atoms with van der Waals surface area (Å²) < 4.78 is 8.44. The second-order valence-corrected chi connectivity index (χ2v) is 11.2. The van der Waals surface area contributed by atoms with Crippen molar-refractivity contribution >= 4 is 43.7 Å². The number of fused-ring (bicyclic) bond motifs is 6. The van der Waals surface area contributed by atoms with Crippen molar-refractivity contribution in [2.24, 2.45) is 0 Å². The Morgan fingerprint density at radius 2 is 1.05 bits per heavy atom. The highest BCUT2D eigenvalue weighted by Crippen LogP contribution is 2.37. The lowest BCUT2D eigenvalue weighted by Gasteiger charge is -2.10. The van der Waals surface area contributed by atoms with Crippen molar-refractivity contribution < 1.29 is 4.42 Å². The fourth-order valence-corrected chi connectivity index (χ4v) is 6.52. The van der Waals surface area contributed by atoms with E-state index < -0.39 is 0 Å². The Balaban J connectivity index is 1.14. The first-order valence-electron chi connectivity index (χ1n) is 14.9. The van der Waals surface area contributed by atoms with Gasteiger partial charge in [0.25, 0.3) is 0 Å². The Morgan fingerprint density at radius 3 is 1.91 bits per heavy atom. The monoisotopic (exact) mass is 562 g/mol. The number of hydrogen-bond donors (Lipinski definition) is 0. The zero-order chi connectivity index (χ0) is 29.0. The molecule has 44 heavy (non-hydrogen) atoms. The molecule has 0 aliphatic rings. The number of furan rings is 1. The molecule has 0 atom stereocenters. The van der Waals surface area contributed by atoms with Crippen LogP contribution in [0.25, 0.3) is 82.9 Å². The molecule has 0 aliphatic heterocycles. The number of nitrogens with zero attached hydrogens (tertiary/aromatic N) is 2. The second kappa shape index (κ2) is 9.82. The van der Waals surface area contributed by atoms with Crippen LogP contribution in [-0.2, 0) is 0 Å². The summed E-state index contributed by atoms with van der Waals surface area (Å²) in [5.74, 6) is 0. The van der Waals surface area contributed by atoms with E-state index in [4.69, 9.17) is 4.42 Å². The highest BCUT2D eigenvalue weighted by molar-refractivity contribution is 6.11. The molecule has 0 aliphatic carbocycles. The summed E-state index contributed by atoms with van der Waals surface area (Å²) in [6.45, 7) is 0. The predicted molar refractivity (Wildman–Crippen MR) is 182 cm³/mol. The van der Waals surface area contributed by atoms with Crippen LogP contribution in [0.4, 0.5) is 0 Å². The van der Waals surface area contributed by atoms with Crippen LogP contribution in [0.1, 0.15) is 0 Å². The summed E-state index contributed by atoms with van der Waals surface area (Å²) in [6, 6.07) is 53.6. The van der Waals surface area contributed by atoms with Gasteiger partial charge in [-0.25, -0.2) is 0 Å². The SMILES string of the molecule is c1ccc(-c2ccnc(-c3ccc(-n4c5ccccc5c5cc(-c6ccc7oc8ccccc8c7c6)ccc54)cc3)c2)cc1. The van der Waals surface area contributed by atoms with Gasteiger partial charge in [-0.3, -0.25) is 4.98 Å². The molecular weight excluding hydrogens is 536 g/mol. The van der Waals surface area contributed by atoms with Crippen molar-refractivity contribution in [1.82, 2.24) is 9.55 Å². The summed E-state index contributed by atoms with van der Waals surface area (Å²) in [6.07, 6.45) is 1.89. The molecule has 0 saturated carbocycles. The van der Waals surface area contributed by atoms with Crippen LogP contribution < -0.4 is 0 Å². The van der Waals surface area contributed by atoms with Gasteiger partial charge in [0, 0.05) is 39.0 Å². The summed E-state index contributed by atoms with van der Waals surface area (Å²) in [4.78, 5) is 4.69. The summed E-state index contributed by atoms with van der Waals surface area (Å²) >= 11 is 0. The Morgan fingerprint density at radius 1 is 0.409 bits per heavy atom. The first-order chi connectivity index (χ1) is 21.8. The van der Waals surface area contributed by atoms with Gasteiger partial charge in [0.05, 0.1) is 16.7 Å². The molecular formula is C41H26N2O. The quantitative estimate of drug-likeness (QED) is 0.214. The zero-order valence-corrected chi connectivity index (χ0v) is 23.8. The first kappa shape index (κ1) is 24.6. The van der Waals surface area contributed by atoms with Gasteiger partial charge in [0.15, 0.2) is 0 Å². The van der Waals surface area contributed by atoms with Crippen LogP contribution in [0.5, 0.6) is 0 Å². The lowest BCUT2D eigenvalue weighted by Crippen LogP contribution is -1.94. The molecule has 0 amide bonds. The van der Waals surface area contributed by atoms with E-state index in [1.165, 1.54) is 38.5 Å². The molecule has 3 aromatic heterocycles. The molecule has 0 unspecified atom stereocenters. The van der Waals surface area contributed by atoms with E-state index in [9.17, 15) is 0 Å². The Hall–Kier alpha value is -5.93. The minimum atomic E-state index is 0.915. The highest BCUT2D eigenvalue weighted by atomic mass is 16.3. The summed E-state index contributed by atoms with van der Waals surface area (Å²) in [5, 5.41) is 4.76. The van der Waals surface area contributed by atoms with E-state index in [2.05, 4.69) is 143 Å². The molecule has 0 bridgehead atoms. The van der Waals surface area contributed by atoms with E-state index in [-0.39, 0.29) is 0 Å². The number of para-hydroxylation sites is 2. The van der Waals surface area contributed by atoms with Gasteiger partial charge in [-0.1, -0.05) is 91.0 Å². The van der Waals surface area contributed by atoms with Gasteiger partial charge >= 0.3 is 0 Å². The van der Waals surface area contributed by atoms with E-state index in [1.54, 1.807) is 0 Å². The zero-order valence-electron chi connectivity index (χ0n) is 23.8. The molecule has 3 heterocycles. The predicted octanol–water partition coefficient (Wildman–Crippen LogP) is 11.1. The maximum absolute atomic E-state index is 6.08. The topological polar surface area (TPSA) is 31.0 Å². The lowest BCUT2D eigenvalue weighted by atomic mass is 10.0. The van der Waals surface area contributed by atoms with Gasteiger partial charge in [0.1, 0.15) is 11.2 Å². The Kier molecular flexibility index (Phi) is 5.50. The van der Waals surface area contributed by atoms with Crippen LogP contribution in [0.2, 0.25) is 0 Å². The molecule has 0 spiro atoms. The van der Waals surface area contributed by atoms with Crippen molar-refractivity contribution in [3.05, 3.63) is 158 Å². The maximum atomic E-state index is 6.08. The van der Waals surface area contributed by atoms with Crippen molar-refractivity contribution in [1.29, 1.82) is 0 Å². The van der Waals surface area contributed by atoms with Gasteiger partial charge in [-0.15, -0.1) is 0 Å². The van der Waals surface area contributed by atoms with E-state index in [1.807, 2.05) is 24.4 Å². The van der Waals surface area contributed by atoms with Gasteiger partial charge in [-0.2, -0.15) is 0 Å². The Labute approximate surface area is 254 Å². The first-order valence-corrected chi connectivity index (χ1v) is 14.9. The molecule has 3 heteroatoms. The van der Waals surface area contributed by atoms with Gasteiger partial charge in [0.2, 0.25) is 0 Å². The van der Waals surface area contributed by atoms with Crippen LogP contribution in [0, 0.1) is 0 Å². The van der Waals surface area contributed by atoms with Crippen molar-refractivity contribution in [3.8, 4) is 39.2 Å². The Bertz CT molecular complexity index is 2480. The largest absolute Gasteiger partial charge is 0.456 e. The maximum Gasteiger partial charge on any atom is 0.135 e. The summed E-state index contributed by atoms with van der Waals surface area (Å²) in [7, 11) is 0. The van der Waals surface area contributed by atoms with Crippen LogP contribution in [0.3, 0.4) is 0 Å². The van der Waals surface area contributed by atoms with Gasteiger partial charge < -0.3 is 8.98 Å². The average Bonchev–Trinajstić information content (AvgIpc) is 3.64. The average molecular weight is 563 g/mol. The van der Waals surface area contributed by atoms with Crippen molar-refractivity contribution in [2.75, 3.05) is 0 Å². The third-order valence-corrected chi connectivity index (χ3v) is 8.67. The smallest absolute Gasteiger partial charge is 0.135 e. The molecule has 0 saturated heterocycles.